The topological polar surface area (TPSA) is 102 Å². The van der Waals surface area contributed by atoms with Crippen molar-refractivity contribution in [3.05, 3.63) is 130 Å². The number of cyclic esters (lactones) is 1. The van der Waals surface area contributed by atoms with E-state index in [1.165, 1.54) is 34.5 Å². The molecule has 3 aromatic carbocycles. The van der Waals surface area contributed by atoms with Crippen molar-refractivity contribution in [3.63, 3.8) is 0 Å². The number of ether oxygens (including phenoxy) is 2. The number of β-lactam (4-membered cyclic amide) rings is 1. The molecule has 0 aromatic heterocycles. The molecule has 0 saturated carbocycles. The number of amides is 2. The van der Waals surface area contributed by atoms with Crippen molar-refractivity contribution in [1.82, 2.24) is 10.2 Å². The number of hydrogen-bond donors (Lipinski definition) is 1. The minimum Gasteiger partial charge on any atom is -0.458 e. The molecule has 8 nitrogen and oxygen atoms in total. The Kier molecular flexibility index (Phi) is 8.67. The average molecular weight is 613 g/mol. The normalized spacial score (nSPS) is 19.4. The Balaban J connectivity index is 1.26. The number of nitrogens with zero attached hydrogens (tertiary/aromatic N) is 1. The van der Waals surface area contributed by atoms with Crippen LogP contribution in [-0.2, 0) is 35.1 Å². The summed E-state index contributed by atoms with van der Waals surface area (Å²) in [6.07, 6.45) is 0.917. The van der Waals surface area contributed by atoms with Crippen molar-refractivity contribution in [2.75, 3.05) is 18.1 Å². The number of fused-ring (bicyclic) bond motifs is 1. The molecule has 43 heavy (non-hydrogen) atoms. The van der Waals surface area contributed by atoms with E-state index in [2.05, 4.69) is 5.32 Å². The average Bonchev–Trinajstić information content (AvgIpc) is 3.47. The summed E-state index contributed by atoms with van der Waals surface area (Å²) in [5, 5.41) is 2.42. The zero-order valence-electron chi connectivity index (χ0n) is 23.0. The SMILES string of the molecule is O=C(Cc1ccccc1)N[C@@H]1C(=O)N2C(C(=O)OC(c3ccccc3)c3ccccc3)=C(SCC3=CC(=O)OC3)CS[C@@H]12. The Morgan fingerprint density at radius 1 is 0.953 bits per heavy atom. The van der Waals surface area contributed by atoms with Crippen LogP contribution in [0.3, 0.4) is 0 Å². The molecule has 3 aliphatic heterocycles. The summed E-state index contributed by atoms with van der Waals surface area (Å²) >= 11 is 2.87. The molecule has 218 valence electrons. The standard InChI is InChI=1S/C33H28N2O6S2/c36-26(16-21-10-4-1-5-11-21)34-28-31(38)35-29(25(20-43-32(28)35)42-19-22-17-27(37)40-18-22)33(39)41-30(23-12-6-2-7-13-23)24-14-8-3-9-15-24/h1-15,17,28,30,32H,16,18-20H2,(H,34,36)/t28-,32+/m1/s1. The predicted octanol–water partition coefficient (Wildman–Crippen LogP) is 4.39. The molecule has 2 atom stereocenters. The van der Waals surface area contributed by atoms with E-state index < -0.39 is 23.5 Å². The summed E-state index contributed by atoms with van der Waals surface area (Å²) in [7, 11) is 0. The molecule has 6 rings (SSSR count). The Bertz CT molecular complexity index is 1550. The first-order valence-electron chi connectivity index (χ1n) is 13.8. The van der Waals surface area contributed by atoms with Gasteiger partial charge in [-0.1, -0.05) is 91.0 Å². The number of nitrogens with one attached hydrogen (secondary N) is 1. The van der Waals surface area contributed by atoms with E-state index in [4.69, 9.17) is 9.47 Å². The number of thioether (sulfide) groups is 2. The maximum atomic E-state index is 14.0. The van der Waals surface area contributed by atoms with Gasteiger partial charge in [0.25, 0.3) is 5.91 Å². The molecule has 1 N–H and O–H groups in total. The van der Waals surface area contributed by atoms with Gasteiger partial charge in [-0.15, -0.1) is 23.5 Å². The first kappa shape index (κ1) is 28.8. The van der Waals surface area contributed by atoms with Gasteiger partial charge >= 0.3 is 11.9 Å². The quantitative estimate of drug-likeness (QED) is 0.266. The molecule has 2 amide bonds. The third kappa shape index (κ3) is 6.40. The zero-order chi connectivity index (χ0) is 29.8. The van der Waals surface area contributed by atoms with E-state index in [0.717, 1.165) is 22.3 Å². The largest absolute Gasteiger partial charge is 0.458 e. The summed E-state index contributed by atoms with van der Waals surface area (Å²) in [5.41, 5.74) is 3.42. The minimum absolute atomic E-state index is 0.152. The van der Waals surface area contributed by atoms with Crippen LogP contribution in [0.4, 0.5) is 0 Å². The van der Waals surface area contributed by atoms with E-state index >= 15 is 0 Å². The van der Waals surface area contributed by atoms with Gasteiger partial charge in [0, 0.05) is 22.5 Å². The fourth-order valence-electron chi connectivity index (χ4n) is 5.12. The van der Waals surface area contributed by atoms with Gasteiger partial charge in [-0.3, -0.25) is 14.5 Å². The molecular weight excluding hydrogens is 585 g/mol. The number of esters is 2. The molecule has 3 aromatic rings. The van der Waals surface area contributed by atoms with Crippen LogP contribution in [0.25, 0.3) is 0 Å². The van der Waals surface area contributed by atoms with E-state index in [1.807, 2.05) is 91.0 Å². The predicted molar refractivity (Wildman–Crippen MR) is 165 cm³/mol. The summed E-state index contributed by atoms with van der Waals surface area (Å²) < 4.78 is 11.2. The van der Waals surface area contributed by atoms with Crippen LogP contribution >= 0.6 is 23.5 Å². The van der Waals surface area contributed by atoms with Crippen molar-refractivity contribution in [3.8, 4) is 0 Å². The van der Waals surface area contributed by atoms with Crippen LogP contribution < -0.4 is 5.32 Å². The Hall–Kier alpha value is -4.28. The highest BCUT2D eigenvalue weighted by Crippen LogP contribution is 2.45. The zero-order valence-corrected chi connectivity index (χ0v) is 24.6. The number of rotatable bonds is 10. The van der Waals surface area contributed by atoms with E-state index in [0.29, 0.717) is 16.4 Å². The Labute approximate surface area is 257 Å². The van der Waals surface area contributed by atoms with Gasteiger partial charge in [0.15, 0.2) is 6.10 Å². The van der Waals surface area contributed by atoms with Gasteiger partial charge in [0.2, 0.25) is 5.91 Å². The van der Waals surface area contributed by atoms with Gasteiger partial charge in [0.05, 0.1) is 6.42 Å². The van der Waals surface area contributed by atoms with E-state index in [9.17, 15) is 19.2 Å². The molecule has 0 unspecified atom stereocenters. The Morgan fingerprint density at radius 3 is 2.19 bits per heavy atom. The molecule has 1 saturated heterocycles. The molecular formula is C33H28N2O6S2. The van der Waals surface area contributed by atoms with Crippen molar-refractivity contribution >= 4 is 47.3 Å². The van der Waals surface area contributed by atoms with Crippen LogP contribution in [0.1, 0.15) is 22.8 Å². The third-order valence-electron chi connectivity index (χ3n) is 7.23. The first-order chi connectivity index (χ1) is 21.0. The van der Waals surface area contributed by atoms with E-state index in [1.54, 1.807) is 0 Å². The van der Waals surface area contributed by atoms with Crippen LogP contribution in [0.2, 0.25) is 0 Å². The third-order valence-corrected chi connectivity index (χ3v) is 9.90. The summed E-state index contributed by atoms with van der Waals surface area (Å²) in [4.78, 5) is 54.1. The fraction of sp³-hybridized carbons (Fsp3) is 0.212. The van der Waals surface area contributed by atoms with Gasteiger partial charge in [-0.25, -0.2) is 9.59 Å². The number of carbonyl (C=O) groups excluding carboxylic acids is 4. The summed E-state index contributed by atoms with van der Waals surface area (Å²) in [5.74, 6) is -0.757. The second kappa shape index (κ2) is 12.9. The molecule has 0 radical (unpaired) electrons. The lowest BCUT2D eigenvalue weighted by Gasteiger charge is -2.49. The lowest BCUT2D eigenvalue weighted by molar-refractivity contribution is -0.154. The molecule has 3 aliphatic rings. The second-order valence-corrected chi connectivity index (χ2v) is 12.4. The second-order valence-electron chi connectivity index (χ2n) is 10.2. The van der Waals surface area contributed by atoms with Gasteiger partial charge in [0.1, 0.15) is 23.7 Å². The molecule has 0 aliphatic carbocycles. The van der Waals surface area contributed by atoms with Crippen molar-refractivity contribution < 1.29 is 28.7 Å². The summed E-state index contributed by atoms with van der Waals surface area (Å²) in [6, 6.07) is 27.5. The maximum Gasteiger partial charge on any atom is 0.356 e. The minimum atomic E-state index is -0.752. The summed E-state index contributed by atoms with van der Waals surface area (Å²) in [6.45, 7) is 0.205. The van der Waals surface area contributed by atoms with Crippen LogP contribution in [0.15, 0.2) is 113 Å². The smallest absolute Gasteiger partial charge is 0.356 e. The van der Waals surface area contributed by atoms with Crippen LogP contribution in [-0.4, -0.2) is 58.2 Å². The highest BCUT2D eigenvalue weighted by molar-refractivity contribution is 8.06. The van der Waals surface area contributed by atoms with Crippen molar-refractivity contribution in [2.24, 2.45) is 0 Å². The fourth-order valence-corrected chi connectivity index (χ4v) is 7.70. The lowest BCUT2D eigenvalue weighted by Crippen LogP contribution is -2.70. The van der Waals surface area contributed by atoms with Gasteiger partial charge in [-0.05, 0) is 22.3 Å². The number of carbonyl (C=O) groups is 4. The lowest BCUT2D eigenvalue weighted by atomic mass is 10.0. The molecule has 0 bridgehead atoms. The highest BCUT2D eigenvalue weighted by atomic mass is 32.2. The van der Waals surface area contributed by atoms with Crippen LogP contribution in [0.5, 0.6) is 0 Å². The van der Waals surface area contributed by atoms with Crippen molar-refractivity contribution in [1.29, 1.82) is 0 Å². The molecule has 0 spiro atoms. The Morgan fingerprint density at radius 2 is 1.58 bits per heavy atom. The van der Waals surface area contributed by atoms with Crippen molar-refractivity contribution in [2.45, 2.75) is 23.9 Å². The highest BCUT2D eigenvalue weighted by Gasteiger charge is 2.54. The van der Waals surface area contributed by atoms with Gasteiger partial charge in [-0.2, -0.15) is 0 Å². The molecule has 10 heteroatoms. The first-order valence-corrected chi connectivity index (χ1v) is 15.8. The molecule has 3 heterocycles. The maximum absolute atomic E-state index is 14.0. The number of hydrogen-bond acceptors (Lipinski definition) is 8. The number of benzene rings is 3. The van der Waals surface area contributed by atoms with Crippen LogP contribution in [0, 0.1) is 0 Å². The monoisotopic (exact) mass is 612 g/mol. The molecule has 1 fully saturated rings. The van der Waals surface area contributed by atoms with Gasteiger partial charge < -0.3 is 14.8 Å². The van der Waals surface area contributed by atoms with E-state index in [-0.39, 0.29) is 36.5 Å².